The molecule has 5 nitrogen and oxygen atoms in total. The normalized spacial score (nSPS) is 22.9. The summed E-state index contributed by atoms with van der Waals surface area (Å²) >= 11 is 0. The van der Waals surface area contributed by atoms with Gasteiger partial charge in [0.05, 0.1) is 13.7 Å². The Bertz CT molecular complexity index is 920. The highest BCUT2D eigenvalue weighted by atomic mass is 16.5. The number of hydrogen-bond acceptors (Lipinski definition) is 5. The third kappa shape index (κ3) is 3.26. The molecule has 0 aliphatic carbocycles. The third-order valence-corrected chi connectivity index (χ3v) is 6.43. The lowest BCUT2D eigenvalue weighted by Crippen LogP contribution is -2.39. The Kier molecular flexibility index (Phi) is 4.99. The van der Waals surface area contributed by atoms with Crippen LogP contribution in [0.15, 0.2) is 24.3 Å². The first-order valence-corrected chi connectivity index (χ1v) is 10.3. The van der Waals surface area contributed by atoms with E-state index < -0.39 is 11.7 Å². The minimum Gasteiger partial charge on any atom is -0.497 e. The van der Waals surface area contributed by atoms with E-state index in [2.05, 4.69) is 37.8 Å². The summed E-state index contributed by atoms with van der Waals surface area (Å²) in [6.07, 6.45) is -0.631. The minimum absolute atomic E-state index is 0.000341. The summed E-state index contributed by atoms with van der Waals surface area (Å²) < 4.78 is 17.5. The molecule has 0 radical (unpaired) electrons. The highest BCUT2D eigenvalue weighted by Crippen LogP contribution is 2.50. The van der Waals surface area contributed by atoms with Crippen molar-refractivity contribution in [3.05, 3.63) is 52.1 Å². The maximum atomic E-state index is 10.9. The first-order chi connectivity index (χ1) is 13.7. The Morgan fingerprint density at radius 1 is 1.07 bits per heavy atom. The van der Waals surface area contributed by atoms with E-state index in [1.165, 1.54) is 11.3 Å². The summed E-state index contributed by atoms with van der Waals surface area (Å²) in [5.41, 5.74) is 6.09. The molecule has 2 atom stereocenters. The van der Waals surface area contributed by atoms with Crippen molar-refractivity contribution >= 4 is 5.69 Å². The second-order valence-electron chi connectivity index (χ2n) is 8.65. The van der Waals surface area contributed by atoms with Gasteiger partial charge < -0.3 is 24.2 Å². The smallest absolute Gasteiger partial charge is 0.133 e. The molecule has 4 rings (SSSR count). The maximum Gasteiger partial charge on any atom is 0.133 e. The lowest BCUT2D eigenvalue weighted by atomic mass is 9.89. The van der Waals surface area contributed by atoms with Gasteiger partial charge in [0.15, 0.2) is 0 Å². The number of nitrogens with zero attached hydrogens (tertiary/aromatic N) is 1. The SMILES string of the molecule is COc1ccc(C2CN(c3c(C)c(C)c4c(c3C)C(O)C(C)(C)O4)CCO2)cc1. The van der Waals surface area contributed by atoms with Crippen molar-refractivity contribution in [2.75, 3.05) is 31.7 Å². The van der Waals surface area contributed by atoms with Gasteiger partial charge in [0.25, 0.3) is 0 Å². The van der Waals surface area contributed by atoms with Gasteiger partial charge in [-0.25, -0.2) is 0 Å². The average molecular weight is 398 g/mol. The number of anilines is 1. The summed E-state index contributed by atoms with van der Waals surface area (Å²) in [7, 11) is 1.68. The van der Waals surface area contributed by atoms with Crippen LogP contribution in [-0.4, -0.2) is 37.5 Å². The molecule has 0 spiro atoms. The van der Waals surface area contributed by atoms with E-state index in [1.807, 2.05) is 26.0 Å². The number of morpholine rings is 1. The molecule has 5 heteroatoms. The van der Waals surface area contributed by atoms with Crippen LogP contribution >= 0.6 is 0 Å². The quantitative estimate of drug-likeness (QED) is 0.832. The molecule has 1 N–H and O–H groups in total. The summed E-state index contributed by atoms with van der Waals surface area (Å²) in [5, 5.41) is 10.9. The molecular formula is C24H31NO4. The number of aliphatic hydroxyl groups is 1. The Morgan fingerprint density at radius 3 is 2.41 bits per heavy atom. The van der Waals surface area contributed by atoms with Crippen LogP contribution < -0.4 is 14.4 Å². The minimum atomic E-state index is -0.631. The summed E-state index contributed by atoms with van der Waals surface area (Å²) in [4.78, 5) is 2.40. The Balaban J connectivity index is 1.70. The Morgan fingerprint density at radius 2 is 1.76 bits per heavy atom. The number of aliphatic hydroxyl groups excluding tert-OH is 1. The van der Waals surface area contributed by atoms with Gasteiger partial charge in [-0.15, -0.1) is 0 Å². The van der Waals surface area contributed by atoms with Crippen molar-refractivity contribution in [2.45, 2.75) is 52.4 Å². The summed E-state index contributed by atoms with van der Waals surface area (Å²) in [6.45, 7) is 12.5. The zero-order valence-electron chi connectivity index (χ0n) is 18.2. The van der Waals surface area contributed by atoms with Gasteiger partial charge in [-0.1, -0.05) is 12.1 Å². The number of ether oxygens (including phenoxy) is 3. The number of rotatable bonds is 3. The number of fused-ring (bicyclic) bond motifs is 1. The molecule has 0 amide bonds. The number of hydrogen-bond donors (Lipinski definition) is 1. The molecule has 0 bridgehead atoms. The highest BCUT2D eigenvalue weighted by molar-refractivity contribution is 5.70. The molecule has 2 heterocycles. The van der Waals surface area contributed by atoms with Crippen molar-refractivity contribution in [3.63, 3.8) is 0 Å². The van der Waals surface area contributed by atoms with E-state index in [4.69, 9.17) is 14.2 Å². The zero-order chi connectivity index (χ0) is 20.9. The Hall–Kier alpha value is -2.24. The second kappa shape index (κ2) is 7.22. The predicted molar refractivity (Wildman–Crippen MR) is 114 cm³/mol. The van der Waals surface area contributed by atoms with Crippen LogP contribution in [0.2, 0.25) is 0 Å². The van der Waals surface area contributed by atoms with Crippen LogP contribution in [0.3, 0.4) is 0 Å². The van der Waals surface area contributed by atoms with Crippen molar-refractivity contribution in [2.24, 2.45) is 0 Å². The molecule has 156 valence electrons. The molecule has 0 aromatic heterocycles. The maximum absolute atomic E-state index is 10.9. The van der Waals surface area contributed by atoms with E-state index >= 15 is 0 Å². The second-order valence-corrected chi connectivity index (χ2v) is 8.65. The number of benzene rings is 2. The van der Waals surface area contributed by atoms with Crippen LogP contribution in [0.1, 0.15) is 53.9 Å². The van der Waals surface area contributed by atoms with Crippen LogP contribution in [-0.2, 0) is 4.74 Å². The number of methoxy groups -OCH3 is 1. The fraction of sp³-hybridized carbons (Fsp3) is 0.500. The van der Waals surface area contributed by atoms with Crippen molar-refractivity contribution in [1.29, 1.82) is 0 Å². The lowest BCUT2D eigenvalue weighted by molar-refractivity contribution is 0.000135. The lowest BCUT2D eigenvalue weighted by Gasteiger charge is -2.37. The molecule has 2 aromatic carbocycles. The first kappa shape index (κ1) is 20.0. The van der Waals surface area contributed by atoms with Crippen molar-refractivity contribution in [1.82, 2.24) is 0 Å². The van der Waals surface area contributed by atoms with E-state index in [-0.39, 0.29) is 6.10 Å². The largest absolute Gasteiger partial charge is 0.497 e. The van der Waals surface area contributed by atoms with Crippen LogP contribution in [0, 0.1) is 20.8 Å². The first-order valence-electron chi connectivity index (χ1n) is 10.3. The van der Waals surface area contributed by atoms with Gasteiger partial charge in [0.1, 0.15) is 29.3 Å². The average Bonchev–Trinajstić information content (AvgIpc) is 2.96. The highest BCUT2D eigenvalue weighted by Gasteiger charge is 2.43. The van der Waals surface area contributed by atoms with Crippen LogP contribution in [0.5, 0.6) is 11.5 Å². The molecular weight excluding hydrogens is 366 g/mol. The summed E-state index contributed by atoms with van der Waals surface area (Å²) in [5.74, 6) is 1.69. The van der Waals surface area contributed by atoms with E-state index in [1.54, 1.807) is 7.11 Å². The summed E-state index contributed by atoms with van der Waals surface area (Å²) in [6, 6.07) is 8.09. The molecule has 1 fully saturated rings. The van der Waals surface area contributed by atoms with Gasteiger partial charge in [-0.05, 0) is 69.0 Å². The molecule has 2 aliphatic rings. The van der Waals surface area contributed by atoms with Gasteiger partial charge in [0.2, 0.25) is 0 Å². The third-order valence-electron chi connectivity index (χ3n) is 6.43. The van der Waals surface area contributed by atoms with Crippen molar-refractivity contribution < 1.29 is 19.3 Å². The fourth-order valence-corrected chi connectivity index (χ4v) is 4.60. The molecule has 2 unspecified atom stereocenters. The Labute approximate surface area is 173 Å². The zero-order valence-corrected chi connectivity index (χ0v) is 18.2. The fourth-order valence-electron chi connectivity index (χ4n) is 4.60. The molecule has 0 saturated carbocycles. The van der Waals surface area contributed by atoms with Gasteiger partial charge in [-0.3, -0.25) is 0 Å². The molecule has 1 saturated heterocycles. The predicted octanol–water partition coefficient (Wildman–Crippen LogP) is 4.40. The molecule has 29 heavy (non-hydrogen) atoms. The van der Waals surface area contributed by atoms with Gasteiger partial charge in [-0.2, -0.15) is 0 Å². The monoisotopic (exact) mass is 397 g/mol. The van der Waals surface area contributed by atoms with Crippen molar-refractivity contribution in [3.8, 4) is 11.5 Å². The van der Waals surface area contributed by atoms with E-state index in [9.17, 15) is 5.11 Å². The molecule has 2 aromatic rings. The van der Waals surface area contributed by atoms with E-state index in [0.717, 1.165) is 46.8 Å². The molecule has 2 aliphatic heterocycles. The van der Waals surface area contributed by atoms with Crippen LogP contribution in [0.4, 0.5) is 5.69 Å². The van der Waals surface area contributed by atoms with Crippen LogP contribution in [0.25, 0.3) is 0 Å². The van der Waals surface area contributed by atoms with E-state index in [0.29, 0.717) is 6.61 Å². The van der Waals surface area contributed by atoms with Gasteiger partial charge >= 0.3 is 0 Å². The van der Waals surface area contributed by atoms with Gasteiger partial charge in [0, 0.05) is 24.3 Å². The topological polar surface area (TPSA) is 51.2 Å². The standard InChI is InChI=1S/C24H31NO4/c1-14-15(2)22-20(23(26)24(4,5)29-22)16(3)21(14)25-11-12-28-19(13-25)17-7-9-18(27-6)10-8-17/h7-10,19,23,26H,11-13H2,1-6H3.